The van der Waals surface area contributed by atoms with E-state index in [0.717, 1.165) is 22.4 Å². The van der Waals surface area contributed by atoms with Crippen molar-refractivity contribution in [2.24, 2.45) is 0 Å². The molecule has 0 heterocycles. The Bertz CT molecular complexity index is 820. The van der Waals surface area contributed by atoms with Gasteiger partial charge in [0.25, 0.3) is 5.91 Å². The van der Waals surface area contributed by atoms with Crippen molar-refractivity contribution >= 4 is 23.3 Å². The Morgan fingerprint density at radius 2 is 1.52 bits per heavy atom. The van der Waals surface area contributed by atoms with Gasteiger partial charge in [-0.1, -0.05) is 48.0 Å². The molecule has 5 nitrogen and oxygen atoms in total. The SMILES string of the molecule is Cc1ccc(C(=O)CCC(=O)O[C@H](C)C(=O)Nc2c(C)cccc2C)cc1. The Kier molecular flexibility index (Phi) is 6.88. The van der Waals surface area contributed by atoms with Crippen molar-refractivity contribution in [1.82, 2.24) is 0 Å². The molecule has 2 aromatic rings. The van der Waals surface area contributed by atoms with Crippen molar-refractivity contribution in [3.05, 3.63) is 64.7 Å². The number of hydrogen-bond donors (Lipinski definition) is 1. The van der Waals surface area contributed by atoms with Crippen molar-refractivity contribution in [1.29, 1.82) is 0 Å². The summed E-state index contributed by atoms with van der Waals surface area (Å²) in [6, 6.07) is 12.9. The van der Waals surface area contributed by atoms with Gasteiger partial charge in [-0.2, -0.15) is 0 Å². The molecule has 0 saturated heterocycles. The van der Waals surface area contributed by atoms with Gasteiger partial charge in [-0.15, -0.1) is 0 Å². The standard InChI is InChI=1S/C22H25NO4/c1-14-8-10-18(11-9-14)19(24)12-13-20(25)27-17(4)22(26)23-21-15(2)6-5-7-16(21)3/h5-11,17H,12-13H2,1-4H3,(H,23,26)/t17-/m1/s1. The van der Waals surface area contributed by atoms with Crippen molar-refractivity contribution < 1.29 is 19.1 Å². The number of Topliss-reactive ketones (excluding diaryl/α,β-unsaturated/α-hetero) is 1. The molecular formula is C22H25NO4. The molecule has 27 heavy (non-hydrogen) atoms. The first-order valence-corrected chi connectivity index (χ1v) is 8.94. The first-order valence-electron chi connectivity index (χ1n) is 8.94. The highest BCUT2D eigenvalue weighted by Crippen LogP contribution is 2.20. The molecule has 0 spiro atoms. The first kappa shape index (κ1) is 20.4. The minimum absolute atomic E-state index is 0.0487. The van der Waals surface area contributed by atoms with E-state index in [1.54, 1.807) is 12.1 Å². The highest BCUT2D eigenvalue weighted by atomic mass is 16.5. The zero-order valence-corrected chi connectivity index (χ0v) is 16.2. The first-order chi connectivity index (χ1) is 12.8. The molecule has 5 heteroatoms. The summed E-state index contributed by atoms with van der Waals surface area (Å²) in [6.07, 6.45) is -0.952. The minimum Gasteiger partial charge on any atom is -0.453 e. The van der Waals surface area contributed by atoms with E-state index in [2.05, 4.69) is 5.32 Å². The summed E-state index contributed by atoms with van der Waals surface area (Å²) in [5.74, 6) is -1.09. The van der Waals surface area contributed by atoms with Crippen LogP contribution in [0.2, 0.25) is 0 Å². The Balaban J connectivity index is 1.85. The Labute approximate surface area is 159 Å². The molecule has 0 aliphatic heterocycles. The number of amides is 1. The van der Waals surface area contributed by atoms with Crippen LogP contribution in [-0.4, -0.2) is 23.8 Å². The summed E-state index contributed by atoms with van der Waals surface area (Å²) in [7, 11) is 0. The van der Waals surface area contributed by atoms with Gasteiger partial charge in [0.1, 0.15) is 0 Å². The quantitative estimate of drug-likeness (QED) is 0.589. The van der Waals surface area contributed by atoms with Crippen LogP contribution in [0.5, 0.6) is 0 Å². The molecule has 0 aliphatic rings. The second-order valence-corrected chi connectivity index (χ2v) is 6.68. The van der Waals surface area contributed by atoms with Crippen LogP contribution in [0, 0.1) is 20.8 Å². The molecule has 0 radical (unpaired) electrons. The average Bonchev–Trinajstić information content (AvgIpc) is 2.63. The van der Waals surface area contributed by atoms with Crippen LogP contribution in [-0.2, 0) is 14.3 Å². The van der Waals surface area contributed by atoms with Gasteiger partial charge in [0, 0.05) is 17.7 Å². The van der Waals surface area contributed by atoms with Crippen molar-refractivity contribution in [3.8, 4) is 0 Å². The number of nitrogens with one attached hydrogen (secondary N) is 1. The fourth-order valence-corrected chi connectivity index (χ4v) is 2.65. The second-order valence-electron chi connectivity index (χ2n) is 6.68. The number of ether oxygens (including phenoxy) is 1. The van der Waals surface area contributed by atoms with Crippen LogP contribution < -0.4 is 5.32 Å². The fraction of sp³-hybridized carbons (Fsp3) is 0.318. The Morgan fingerprint density at radius 3 is 2.11 bits per heavy atom. The van der Waals surface area contributed by atoms with Crippen molar-refractivity contribution in [2.45, 2.75) is 46.6 Å². The van der Waals surface area contributed by atoms with E-state index in [9.17, 15) is 14.4 Å². The lowest BCUT2D eigenvalue weighted by Gasteiger charge is -2.16. The highest BCUT2D eigenvalue weighted by Gasteiger charge is 2.20. The minimum atomic E-state index is -0.939. The summed E-state index contributed by atoms with van der Waals surface area (Å²) < 4.78 is 5.17. The van der Waals surface area contributed by atoms with E-state index in [0.29, 0.717) is 5.56 Å². The van der Waals surface area contributed by atoms with E-state index in [1.807, 2.05) is 51.1 Å². The number of esters is 1. The summed E-state index contributed by atoms with van der Waals surface area (Å²) in [5.41, 5.74) is 4.22. The number of carbonyl (C=O) groups excluding carboxylic acids is 3. The molecule has 2 rings (SSSR count). The highest BCUT2D eigenvalue weighted by molar-refractivity contribution is 5.98. The van der Waals surface area contributed by atoms with Gasteiger partial charge < -0.3 is 10.1 Å². The van der Waals surface area contributed by atoms with Gasteiger partial charge in [0.15, 0.2) is 11.9 Å². The smallest absolute Gasteiger partial charge is 0.307 e. The maximum absolute atomic E-state index is 12.3. The molecule has 0 aromatic heterocycles. The molecule has 0 aliphatic carbocycles. The van der Waals surface area contributed by atoms with E-state index in [-0.39, 0.29) is 18.6 Å². The molecular weight excluding hydrogens is 342 g/mol. The average molecular weight is 367 g/mol. The second kappa shape index (κ2) is 9.12. The maximum atomic E-state index is 12.3. The number of carbonyl (C=O) groups is 3. The monoisotopic (exact) mass is 367 g/mol. The van der Waals surface area contributed by atoms with Crippen LogP contribution in [0.25, 0.3) is 0 Å². The third-order valence-electron chi connectivity index (χ3n) is 4.34. The number of ketones is 1. The van der Waals surface area contributed by atoms with Gasteiger partial charge in [0.05, 0.1) is 6.42 Å². The topological polar surface area (TPSA) is 72.5 Å². The van der Waals surface area contributed by atoms with Gasteiger partial charge in [-0.05, 0) is 38.8 Å². The number of benzene rings is 2. The molecule has 2 aromatic carbocycles. The van der Waals surface area contributed by atoms with Gasteiger partial charge in [-0.3, -0.25) is 14.4 Å². The third-order valence-corrected chi connectivity index (χ3v) is 4.34. The number of rotatable bonds is 7. The van der Waals surface area contributed by atoms with Crippen LogP contribution in [0.3, 0.4) is 0 Å². The van der Waals surface area contributed by atoms with E-state index in [4.69, 9.17) is 4.74 Å². The molecule has 1 N–H and O–H groups in total. The van der Waals surface area contributed by atoms with Gasteiger partial charge in [0.2, 0.25) is 0 Å². The number of aryl methyl sites for hydroxylation is 3. The predicted octanol–water partition coefficient (Wildman–Crippen LogP) is 4.15. The van der Waals surface area contributed by atoms with Gasteiger partial charge >= 0.3 is 5.97 Å². The van der Waals surface area contributed by atoms with E-state index in [1.165, 1.54) is 6.92 Å². The van der Waals surface area contributed by atoms with E-state index >= 15 is 0 Å². The molecule has 0 fully saturated rings. The maximum Gasteiger partial charge on any atom is 0.307 e. The lowest BCUT2D eigenvalue weighted by molar-refractivity contribution is -0.153. The van der Waals surface area contributed by atoms with Crippen molar-refractivity contribution in [2.75, 3.05) is 5.32 Å². The third kappa shape index (κ3) is 5.78. The molecule has 1 atom stereocenters. The predicted molar refractivity (Wildman–Crippen MR) is 105 cm³/mol. The zero-order valence-electron chi connectivity index (χ0n) is 16.2. The lowest BCUT2D eigenvalue weighted by Crippen LogP contribution is -2.30. The van der Waals surface area contributed by atoms with Gasteiger partial charge in [-0.25, -0.2) is 0 Å². The zero-order chi connectivity index (χ0) is 20.0. The molecule has 1 amide bonds. The fourth-order valence-electron chi connectivity index (χ4n) is 2.65. The number of para-hydroxylation sites is 1. The molecule has 0 saturated carbocycles. The lowest BCUT2D eigenvalue weighted by atomic mass is 10.1. The largest absolute Gasteiger partial charge is 0.453 e. The molecule has 0 bridgehead atoms. The number of anilines is 1. The Morgan fingerprint density at radius 1 is 0.926 bits per heavy atom. The van der Waals surface area contributed by atoms with Crippen LogP contribution in [0.1, 0.15) is 46.8 Å². The number of hydrogen-bond acceptors (Lipinski definition) is 4. The summed E-state index contributed by atoms with van der Waals surface area (Å²) in [4.78, 5) is 36.4. The van der Waals surface area contributed by atoms with Crippen molar-refractivity contribution in [3.63, 3.8) is 0 Å². The summed E-state index contributed by atoms with van der Waals surface area (Å²) in [6.45, 7) is 7.26. The molecule has 0 unspecified atom stereocenters. The summed E-state index contributed by atoms with van der Waals surface area (Å²) >= 11 is 0. The van der Waals surface area contributed by atoms with Crippen LogP contribution in [0.15, 0.2) is 42.5 Å². The van der Waals surface area contributed by atoms with E-state index < -0.39 is 18.0 Å². The van der Waals surface area contributed by atoms with Crippen LogP contribution in [0.4, 0.5) is 5.69 Å². The normalized spacial score (nSPS) is 11.6. The Hall–Kier alpha value is -2.95. The summed E-state index contributed by atoms with van der Waals surface area (Å²) in [5, 5.41) is 2.80. The molecule has 142 valence electrons. The van der Waals surface area contributed by atoms with Crippen LogP contribution >= 0.6 is 0 Å².